The van der Waals surface area contributed by atoms with E-state index < -0.39 is 35.0 Å². The maximum atomic E-state index is 13.1. The predicted molar refractivity (Wildman–Crippen MR) is 102 cm³/mol. The van der Waals surface area contributed by atoms with Crippen LogP contribution in [0, 0.1) is 15.9 Å². The highest BCUT2D eigenvalue weighted by molar-refractivity contribution is 5.92. The van der Waals surface area contributed by atoms with Crippen LogP contribution in [0.4, 0.5) is 15.8 Å². The van der Waals surface area contributed by atoms with Crippen molar-refractivity contribution in [2.75, 3.05) is 11.9 Å². The van der Waals surface area contributed by atoms with Crippen molar-refractivity contribution in [3.63, 3.8) is 0 Å². The number of hydrogen-bond acceptors (Lipinski definition) is 7. The van der Waals surface area contributed by atoms with Crippen molar-refractivity contribution in [1.29, 1.82) is 0 Å². The van der Waals surface area contributed by atoms with Crippen LogP contribution >= 0.6 is 0 Å². The fourth-order valence-corrected chi connectivity index (χ4v) is 2.74. The van der Waals surface area contributed by atoms with E-state index in [1.54, 1.807) is 0 Å². The number of aryl methyl sites for hydroxylation is 1. The first-order valence-electron chi connectivity index (χ1n) is 8.82. The van der Waals surface area contributed by atoms with E-state index in [9.17, 15) is 28.9 Å². The van der Waals surface area contributed by atoms with Gasteiger partial charge in [-0.1, -0.05) is 6.07 Å². The van der Waals surface area contributed by atoms with Gasteiger partial charge in [0.05, 0.1) is 16.5 Å². The number of nitro benzene ring substituents is 1. The van der Waals surface area contributed by atoms with Gasteiger partial charge in [0.1, 0.15) is 5.82 Å². The number of anilines is 1. The number of rotatable bonds is 8. The number of benzene rings is 2. The second kappa shape index (κ2) is 8.99. The third-order valence-electron chi connectivity index (χ3n) is 4.10. The number of ether oxygens (including phenoxy) is 1. The Kier molecular flexibility index (Phi) is 6.20. The summed E-state index contributed by atoms with van der Waals surface area (Å²) in [6, 6.07) is 9.07. The number of halogens is 1. The Bertz CT molecular complexity index is 1170. The lowest BCUT2D eigenvalue weighted by Gasteiger charge is -2.07. The van der Waals surface area contributed by atoms with E-state index in [1.165, 1.54) is 34.9 Å². The van der Waals surface area contributed by atoms with Crippen LogP contribution in [0.15, 0.2) is 51.7 Å². The van der Waals surface area contributed by atoms with Gasteiger partial charge in [-0.15, -0.1) is 0 Å². The second-order valence-corrected chi connectivity index (χ2v) is 6.25. The third-order valence-corrected chi connectivity index (χ3v) is 4.10. The first kappa shape index (κ1) is 20.7. The lowest BCUT2D eigenvalue weighted by Crippen LogP contribution is -2.21. The van der Waals surface area contributed by atoms with E-state index in [-0.39, 0.29) is 36.3 Å². The number of nitrogens with one attached hydrogen (secondary N) is 1. The van der Waals surface area contributed by atoms with Gasteiger partial charge in [0.15, 0.2) is 12.2 Å². The lowest BCUT2D eigenvalue weighted by molar-refractivity contribution is -0.384. The van der Waals surface area contributed by atoms with Gasteiger partial charge in [0, 0.05) is 24.7 Å². The highest BCUT2D eigenvalue weighted by Crippen LogP contribution is 2.20. The highest BCUT2D eigenvalue weighted by Gasteiger charge is 2.15. The van der Waals surface area contributed by atoms with Gasteiger partial charge in [-0.25, -0.2) is 9.18 Å². The van der Waals surface area contributed by atoms with Gasteiger partial charge in [-0.05, 0) is 30.7 Å². The van der Waals surface area contributed by atoms with E-state index in [4.69, 9.17) is 9.15 Å². The van der Waals surface area contributed by atoms with Gasteiger partial charge in [-0.3, -0.25) is 24.3 Å². The molecule has 0 aliphatic carbocycles. The molecule has 0 aliphatic rings. The van der Waals surface area contributed by atoms with Crippen LogP contribution in [0.25, 0.3) is 11.1 Å². The zero-order chi connectivity index (χ0) is 21.7. The van der Waals surface area contributed by atoms with Gasteiger partial charge in [-0.2, -0.15) is 0 Å². The molecule has 0 fully saturated rings. The maximum absolute atomic E-state index is 13.1. The summed E-state index contributed by atoms with van der Waals surface area (Å²) in [6.45, 7) is -0.415. The molecule has 0 aliphatic heterocycles. The summed E-state index contributed by atoms with van der Waals surface area (Å²) in [5.74, 6) is -2.48. The Hall–Kier alpha value is -4.02. The molecule has 1 N–H and O–H groups in total. The summed E-state index contributed by atoms with van der Waals surface area (Å²) >= 11 is 0. The van der Waals surface area contributed by atoms with Gasteiger partial charge < -0.3 is 14.5 Å². The molecule has 11 heteroatoms. The summed E-state index contributed by atoms with van der Waals surface area (Å²) < 4.78 is 24.2. The largest absolute Gasteiger partial charge is 0.456 e. The van der Waals surface area contributed by atoms with Gasteiger partial charge in [0.2, 0.25) is 0 Å². The first-order valence-corrected chi connectivity index (χ1v) is 8.82. The number of fused-ring (bicyclic) bond motifs is 1. The number of nitro groups is 1. The van der Waals surface area contributed by atoms with Crippen molar-refractivity contribution in [3.8, 4) is 0 Å². The molecule has 0 radical (unpaired) electrons. The van der Waals surface area contributed by atoms with E-state index in [0.29, 0.717) is 5.52 Å². The average Bonchev–Trinajstić information content (AvgIpc) is 3.01. The molecule has 2 aromatic carbocycles. The van der Waals surface area contributed by atoms with Crippen molar-refractivity contribution in [2.45, 2.75) is 19.4 Å². The maximum Gasteiger partial charge on any atom is 0.419 e. The molecule has 1 aromatic heterocycles. The fraction of sp³-hybridized carbons (Fsp3) is 0.211. The summed E-state index contributed by atoms with van der Waals surface area (Å²) in [5.41, 5.74) is 0.477. The van der Waals surface area contributed by atoms with Crippen LogP contribution in [-0.4, -0.2) is 28.0 Å². The molecule has 1 heterocycles. The second-order valence-electron chi connectivity index (χ2n) is 6.25. The number of oxazole rings is 1. The number of esters is 1. The normalized spacial score (nSPS) is 10.7. The van der Waals surface area contributed by atoms with Gasteiger partial charge in [0.25, 0.3) is 11.6 Å². The molecule has 156 valence electrons. The Morgan fingerprint density at radius 1 is 1.23 bits per heavy atom. The molecule has 0 saturated carbocycles. The standard InChI is InChI=1S/C19H16FN3O7/c20-12-3-1-4-13(9-12)21-17(24)11-29-18(25)5-2-8-22-15-7-6-14(23(27)28)10-16(15)30-19(22)26/h1,3-4,6-7,9-10H,2,5,8,11H2,(H,21,24). The topological polar surface area (TPSA) is 134 Å². The number of carbonyl (C=O) groups excluding carboxylic acids is 2. The van der Waals surface area contributed by atoms with Gasteiger partial charge >= 0.3 is 11.7 Å². The Morgan fingerprint density at radius 3 is 2.77 bits per heavy atom. The zero-order valence-corrected chi connectivity index (χ0v) is 15.5. The van der Waals surface area contributed by atoms with Crippen molar-refractivity contribution >= 4 is 34.4 Å². The van der Waals surface area contributed by atoms with E-state index in [2.05, 4.69) is 5.32 Å². The van der Waals surface area contributed by atoms with Crippen LogP contribution in [0.2, 0.25) is 0 Å². The minimum absolute atomic E-state index is 0.0701. The highest BCUT2D eigenvalue weighted by atomic mass is 19.1. The van der Waals surface area contributed by atoms with Crippen LogP contribution in [0.3, 0.4) is 0 Å². The van der Waals surface area contributed by atoms with Crippen LogP contribution in [0.5, 0.6) is 0 Å². The Balaban J connectivity index is 1.48. The molecule has 3 aromatic rings. The predicted octanol–water partition coefficient (Wildman–Crippen LogP) is 2.60. The molecule has 0 bridgehead atoms. The molecular formula is C19H16FN3O7. The van der Waals surface area contributed by atoms with Crippen molar-refractivity contribution in [1.82, 2.24) is 4.57 Å². The molecule has 0 spiro atoms. The molecule has 1 amide bonds. The molecule has 30 heavy (non-hydrogen) atoms. The minimum atomic E-state index is -0.701. The average molecular weight is 417 g/mol. The fourth-order valence-electron chi connectivity index (χ4n) is 2.74. The van der Waals surface area contributed by atoms with Crippen molar-refractivity contribution in [2.24, 2.45) is 0 Å². The summed E-state index contributed by atoms with van der Waals surface area (Å²) in [4.78, 5) is 45.7. The number of aromatic nitrogens is 1. The Morgan fingerprint density at radius 2 is 2.03 bits per heavy atom. The molecule has 0 atom stereocenters. The minimum Gasteiger partial charge on any atom is -0.456 e. The molecule has 10 nitrogen and oxygen atoms in total. The van der Waals surface area contributed by atoms with E-state index >= 15 is 0 Å². The third kappa shape index (κ3) is 5.07. The smallest absolute Gasteiger partial charge is 0.419 e. The number of non-ortho nitro benzene ring substituents is 1. The van der Waals surface area contributed by atoms with E-state index in [1.807, 2.05) is 0 Å². The monoisotopic (exact) mass is 417 g/mol. The first-order chi connectivity index (χ1) is 14.3. The number of hydrogen-bond donors (Lipinski definition) is 1. The summed E-state index contributed by atoms with van der Waals surface area (Å²) in [5, 5.41) is 13.2. The lowest BCUT2D eigenvalue weighted by atomic mass is 10.2. The Labute approximate surface area is 168 Å². The van der Waals surface area contributed by atoms with Crippen molar-refractivity contribution < 1.29 is 28.1 Å². The number of nitrogens with zero attached hydrogens (tertiary/aromatic N) is 2. The molecule has 0 saturated heterocycles. The van der Waals surface area contributed by atoms with Crippen molar-refractivity contribution in [3.05, 3.63) is 68.9 Å². The van der Waals surface area contributed by atoms with Crippen LogP contribution in [-0.2, 0) is 20.9 Å². The zero-order valence-electron chi connectivity index (χ0n) is 15.5. The molecular weight excluding hydrogens is 401 g/mol. The number of amides is 1. The van der Waals surface area contributed by atoms with Crippen LogP contribution < -0.4 is 11.1 Å². The number of carbonyl (C=O) groups is 2. The summed E-state index contributed by atoms with van der Waals surface area (Å²) in [7, 11) is 0. The van der Waals surface area contributed by atoms with E-state index in [0.717, 1.165) is 12.1 Å². The molecule has 0 unspecified atom stereocenters. The molecule has 3 rings (SSSR count). The summed E-state index contributed by atoms with van der Waals surface area (Å²) in [6.07, 6.45) is 0.148. The SMILES string of the molecule is O=C(COC(=O)CCCn1c(=O)oc2cc([N+](=O)[O-])ccc21)Nc1cccc(F)c1. The van der Waals surface area contributed by atoms with Crippen LogP contribution in [0.1, 0.15) is 12.8 Å². The quantitative estimate of drug-likeness (QED) is 0.338.